The Bertz CT molecular complexity index is 776. The molecule has 0 aromatic heterocycles. The molecule has 1 amide bonds. The van der Waals surface area contributed by atoms with Crippen LogP contribution in [0.3, 0.4) is 0 Å². The van der Waals surface area contributed by atoms with Crippen molar-refractivity contribution in [3.05, 3.63) is 65.7 Å². The molecule has 7 heteroatoms. The van der Waals surface area contributed by atoms with Gasteiger partial charge in [-0.3, -0.25) is 4.79 Å². The van der Waals surface area contributed by atoms with Crippen molar-refractivity contribution in [2.24, 2.45) is 0 Å². The summed E-state index contributed by atoms with van der Waals surface area (Å²) in [6, 6.07) is 15.8. The summed E-state index contributed by atoms with van der Waals surface area (Å²) in [7, 11) is -1.93. The van der Waals surface area contributed by atoms with Gasteiger partial charge in [0, 0.05) is 18.7 Å². The number of sulfonamides is 1. The van der Waals surface area contributed by atoms with Crippen LogP contribution in [0.5, 0.6) is 5.75 Å². The van der Waals surface area contributed by atoms with Crippen LogP contribution in [0.2, 0.25) is 0 Å². The zero-order chi connectivity index (χ0) is 17.4. The molecule has 2 N–H and O–H groups in total. The number of amides is 1. The molecule has 0 spiro atoms. The van der Waals surface area contributed by atoms with Crippen LogP contribution in [0, 0.1) is 0 Å². The normalized spacial score (nSPS) is 11.0. The third-order valence-corrected chi connectivity index (χ3v) is 4.65. The zero-order valence-corrected chi connectivity index (χ0v) is 14.2. The molecule has 0 aliphatic rings. The average Bonchev–Trinajstić information content (AvgIpc) is 2.61. The Morgan fingerprint density at radius 3 is 2.54 bits per heavy atom. The molecule has 128 valence electrons. The standard InChI is InChI=1S/C17H20N2O4S/c1-23-16-9-5-6-14(12-16)13-19-24(21,22)11-10-18-17(20)15-7-3-2-4-8-15/h2-9,12,19H,10-11,13H2,1H3,(H,18,20). The molecule has 0 saturated heterocycles. The summed E-state index contributed by atoms with van der Waals surface area (Å²) < 4.78 is 31.6. The van der Waals surface area contributed by atoms with Crippen molar-refractivity contribution in [2.75, 3.05) is 19.4 Å². The van der Waals surface area contributed by atoms with Gasteiger partial charge in [-0.15, -0.1) is 0 Å². The van der Waals surface area contributed by atoms with E-state index in [-0.39, 0.29) is 24.7 Å². The number of benzene rings is 2. The zero-order valence-electron chi connectivity index (χ0n) is 13.4. The Kier molecular flexibility index (Phi) is 6.34. The first-order chi connectivity index (χ1) is 11.5. The molecular formula is C17H20N2O4S. The van der Waals surface area contributed by atoms with E-state index in [4.69, 9.17) is 4.74 Å². The SMILES string of the molecule is COc1cccc(CNS(=O)(=O)CCNC(=O)c2ccccc2)c1. The van der Waals surface area contributed by atoms with Crippen molar-refractivity contribution in [1.82, 2.24) is 10.0 Å². The highest BCUT2D eigenvalue weighted by Gasteiger charge is 2.11. The van der Waals surface area contributed by atoms with Gasteiger partial charge in [0.2, 0.25) is 10.0 Å². The molecule has 0 aliphatic heterocycles. The molecule has 0 heterocycles. The Balaban J connectivity index is 1.80. The number of hydrogen-bond acceptors (Lipinski definition) is 4. The minimum atomic E-state index is -3.48. The molecule has 2 aromatic carbocycles. The first kappa shape index (κ1) is 18.0. The summed E-state index contributed by atoms with van der Waals surface area (Å²) in [6.07, 6.45) is 0. The van der Waals surface area contributed by atoms with Gasteiger partial charge in [-0.25, -0.2) is 13.1 Å². The summed E-state index contributed by atoms with van der Waals surface area (Å²) in [5.74, 6) is 0.190. The lowest BCUT2D eigenvalue weighted by Gasteiger charge is -2.09. The van der Waals surface area contributed by atoms with Crippen LogP contribution in [0.4, 0.5) is 0 Å². The largest absolute Gasteiger partial charge is 0.497 e. The average molecular weight is 348 g/mol. The third-order valence-electron chi connectivity index (χ3n) is 3.32. The fourth-order valence-electron chi connectivity index (χ4n) is 2.04. The first-order valence-electron chi connectivity index (χ1n) is 7.44. The van der Waals surface area contributed by atoms with Crippen molar-refractivity contribution < 1.29 is 17.9 Å². The minimum absolute atomic E-state index is 0.0428. The molecule has 0 saturated carbocycles. The number of hydrogen-bond donors (Lipinski definition) is 2. The van der Waals surface area contributed by atoms with E-state index in [0.717, 1.165) is 5.56 Å². The topological polar surface area (TPSA) is 84.5 Å². The van der Waals surface area contributed by atoms with Crippen molar-refractivity contribution in [2.45, 2.75) is 6.54 Å². The number of carbonyl (C=O) groups excluding carboxylic acids is 1. The fraction of sp³-hybridized carbons (Fsp3) is 0.235. The predicted octanol–water partition coefficient (Wildman–Crippen LogP) is 1.54. The maximum atomic E-state index is 12.0. The minimum Gasteiger partial charge on any atom is -0.497 e. The van der Waals surface area contributed by atoms with Gasteiger partial charge in [0.25, 0.3) is 5.91 Å². The number of methoxy groups -OCH3 is 1. The molecule has 0 bridgehead atoms. The van der Waals surface area contributed by atoms with E-state index in [2.05, 4.69) is 10.0 Å². The van der Waals surface area contributed by atoms with Crippen molar-refractivity contribution >= 4 is 15.9 Å². The van der Waals surface area contributed by atoms with Crippen LogP contribution in [0.1, 0.15) is 15.9 Å². The molecule has 24 heavy (non-hydrogen) atoms. The lowest BCUT2D eigenvalue weighted by Crippen LogP contribution is -2.34. The summed E-state index contributed by atoms with van der Waals surface area (Å²) in [5.41, 5.74) is 1.30. The lowest BCUT2D eigenvalue weighted by molar-refractivity contribution is 0.0956. The predicted molar refractivity (Wildman–Crippen MR) is 92.4 cm³/mol. The van der Waals surface area contributed by atoms with Crippen molar-refractivity contribution in [3.8, 4) is 5.75 Å². The van der Waals surface area contributed by atoms with Gasteiger partial charge in [-0.05, 0) is 29.8 Å². The van der Waals surface area contributed by atoms with Gasteiger partial charge in [-0.2, -0.15) is 0 Å². The number of ether oxygens (including phenoxy) is 1. The number of rotatable bonds is 8. The van der Waals surface area contributed by atoms with Crippen LogP contribution in [-0.2, 0) is 16.6 Å². The second-order valence-electron chi connectivity index (χ2n) is 5.11. The molecule has 0 atom stereocenters. The maximum Gasteiger partial charge on any atom is 0.251 e. The van der Waals surface area contributed by atoms with Gasteiger partial charge < -0.3 is 10.1 Å². The lowest BCUT2D eigenvalue weighted by atomic mass is 10.2. The Hall–Kier alpha value is -2.38. The van der Waals surface area contributed by atoms with Gasteiger partial charge >= 0.3 is 0 Å². The Morgan fingerprint density at radius 1 is 1.08 bits per heavy atom. The smallest absolute Gasteiger partial charge is 0.251 e. The van der Waals surface area contributed by atoms with E-state index in [0.29, 0.717) is 11.3 Å². The highest BCUT2D eigenvalue weighted by atomic mass is 32.2. The van der Waals surface area contributed by atoms with E-state index >= 15 is 0 Å². The van der Waals surface area contributed by atoms with Crippen LogP contribution in [0.25, 0.3) is 0 Å². The second kappa shape index (κ2) is 8.47. The van der Waals surface area contributed by atoms with Crippen molar-refractivity contribution in [3.63, 3.8) is 0 Å². The summed E-state index contributed by atoms with van der Waals surface area (Å²) in [6.45, 7) is 0.216. The van der Waals surface area contributed by atoms with Crippen LogP contribution in [-0.4, -0.2) is 33.7 Å². The van der Waals surface area contributed by atoms with Crippen LogP contribution in [0.15, 0.2) is 54.6 Å². The molecule has 0 unspecified atom stereocenters. The molecule has 6 nitrogen and oxygen atoms in total. The summed E-state index contributed by atoms with van der Waals surface area (Å²) in [5, 5.41) is 2.59. The Labute approximate surface area is 141 Å². The van der Waals surface area contributed by atoms with Gasteiger partial charge in [0.1, 0.15) is 5.75 Å². The van der Waals surface area contributed by atoms with Crippen molar-refractivity contribution in [1.29, 1.82) is 0 Å². The van der Waals surface area contributed by atoms with Gasteiger partial charge in [0.05, 0.1) is 12.9 Å². The summed E-state index contributed by atoms with van der Waals surface area (Å²) >= 11 is 0. The molecule has 0 fully saturated rings. The molecule has 2 aromatic rings. The number of carbonyl (C=O) groups is 1. The van der Waals surface area contributed by atoms with Crippen LogP contribution < -0.4 is 14.8 Å². The molecule has 0 aliphatic carbocycles. The van der Waals surface area contributed by atoms with E-state index in [9.17, 15) is 13.2 Å². The van der Waals surface area contributed by atoms with E-state index in [1.54, 1.807) is 49.6 Å². The maximum absolute atomic E-state index is 12.0. The highest BCUT2D eigenvalue weighted by Crippen LogP contribution is 2.12. The second-order valence-corrected chi connectivity index (χ2v) is 7.04. The fourth-order valence-corrected chi connectivity index (χ4v) is 2.94. The van der Waals surface area contributed by atoms with Crippen LogP contribution >= 0.6 is 0 Å². The molecule has 0 radical (unpaired) electrons. The Morgan fingerprint density at radius 2 is 1.83 bits per heavy atom. The van der Waals surface area contributed by atoms with E-state index < -0.39 is 10.0 Å². The highest BCUT2D eigenvalue weighted by molar-refractivity contribution is 7.89. The van der Waals surface area contributed by atoms with Gasteiger partial charge in [0.15, 0.2) is 0 Å². The monoisotopic (exact) mass is 348 g/mol. The van der Waals surface area contributed by atoms with Gasteiger partial charge in [-0.1, -0.05) is 30.3 Å². The third kappa shape index (κ3) is 5.68. The number of nitrogens with one attached hydrogen (secondary N) is 2. The van der Waals surface area contributed by atoms with E-state index in [1.807, 2.05) is 12.1 Å². The summed E-state index contributed by atoms with van der Waals surface area (Å²) in [4.78, 5) is 11.8. The molecular weight excluding hydrogens is 328 g/mol. The van der Waals surface area contributed by atoms with E-state index in [1.165, 1.54) is 0 Å². The quantitative estimate of drug-likeness (QED) is 0.758. The molecule has 2 rings (SSSR count). The first-order valence-corrected chi connectivity index (χ1v) is 9.09.